The predicted molar refractivity (Wildman–Crippen MR) is 78.0 cm³/mol. The molecule has 0 aromatic carbocycles. The lowest BCUT2D eigenvalue weighted by molar-refractivity contribution is 0.0957. The molecule has 2 heterocycles. The molecular weight excluding hydrogens is 290 g/mol. The van der Waals surface area contributed by atoms with Crippen molar-refractivity contribution in [2.45, 2.75) is 19.8 Å². The zero-order chi connectivity index (χ0) is 15.1. The second-order valence-electron chi connectivity index (χ2n) is 4.18. The smallest absolute Gasteiger partial charge is 0.261 e. The van der Waals surface area contributed by atoms with Crippen LogP contribution in [0.1, 0.15) is 32.7 Å². The Balaban J connectivity index is 1.82. The van der Waals surface area contributed by atoms with Crippen LogP contribution in [0.3, 0.4) is 0 Å². The van der Waals surface area contributed by atoms with Crippen LogP contribution < -0.4 is 5.32 Å². The molecule has 1 amide bonds. The topological polar surface area (TPSA) is 88.2 Å². The maximum atomic E-state index is 11.9. The first-order valence-corrected chi connectivity index (χ1v) is 7.27. The number of amides is 1. The Bertz CT molecular complexity index is 666. The first-order chi connectivity index (χ1) is 10.2. The van der Waals surface area contributed by atoms with Gasteiger partial charge in [-0.3, -0.25) is 4.79 Å². The number of carbonyl (C=O) groups excluding carboxylic acids is 1. The highest BCUT2D eigenvalue weighted by Crippen LogP contribution is 2.15. The Hall–Kier alpha value is -2.17. The molecule has 2 N–H and O–H groups in total. The van der Waals surface area contributed by atoms with Gasteiger partial charge in [-0.05, 0) is 19.1 Å². The number of aliphatic hydroxyl groups is 1. The lowest BCUT2D eigenvalue weighted by Gasteiger charge is -2.00. The summed E-state index contributed by atoms with van der Waals surface area (Å²) in [7, 11) is 0. The van der Waals surface area contributed by atoms with E-state index in [2.05, 4.69) is 27.3 Å². The minimum absolute atomic E-state index is 0.0425. The number of aliphatic hydroxyl groups excluding tert-OH is 1. The van der Waals surface area contributed by atoms with Crippen LogP contribution in [-0.4, -0.2) is 34.3 Å². The summed E-state index contributed by atoms with van der Waals surface area (Å²) in [5.74, 6) is 6.67. The quantitative estimate of drug-likeness (QED) is 0.809. The second-order valence-corrected chi connectivity index (χ2v) is 5.26. The van der Waals surface area contributed by atoms with Crippen LogP contribution in [0.15, 0.2) is 16.7 Å². The molecule has 0 radical (unpaired) electrons. The summed E-state index contributed by atoms with van der Waals surface area (Å²) in [5.41, 5.74) is 0. The molecule has 0 bridgehead atoms. The first-order valence-electron chi connectivity index (χ1n) is 6.46. The third kappa shape index (κ3) is 4.70. The maximum Gasteiger partial charge on any atom is 0.261 e. The average molecular weight is 305 g/mol. The number of thiophene rings is 1. The van der Waals surface area contributed by atoms with Gasteiger partial charge in [-0.25, -0.2) is 0 Å². The van der Waals surface area contributed by atoms with Crippen molar-refractivity contribution in [3.63, 3.8) is 0 Å². The number of rotatable bonds is 5. The zero-order valence-corrected chi connectivity index (χ0v) is 12.4. The molecule has 21 heavy (non-hydrogen) atoms. The molecule has 110 valence electrons. The van der Waals surface area contributed by atoms with E-state index in [0.29, 0.717) is 36.0 Å². The van der Waals surface area contributed by atoms with Gasteiger partial charge in [0.1, 0.15) is 0 Å². The molecule has 7 heteroatoms. The fourth-order valence-corrected chi connectivity index (χ4v) is 2.34. The van der Waals surface area contributed by atoms with Crippen LogP contribution in [0.25, 0.3) is 0 Å². The molecule has 0 fully saturated rings. The number of hydrogen-bond acceptors (Lipinski definition) is 6. The Morgan fingerprint density at radius 3 is 3.10 bits per heavy atom. The van der Waals surface area contributed by atoms with Crippen LogP contribution in [0.5, 0.6) is 0 Å². The van der Waals surface area contributed by atoms with Crippen LogP contribution >= 0.6 is 11.3 Å². The van der Waals surface area contributed by atoms with Crippen molar-refractivity contribution < 1.29 is 14.4 Å². The number of carbonyl (C=O) groups is 1. The van der Waals surface area contributed by atoms with Gasteiger partial charge in [0.25, 0.3) is 5.91 Å². The van der Waals surface area contributed by atoms with Crippen LogP contribution in [0.2, 0.25) is 0 Å². The van der Waals surface area contributed by atoms with Crippen molar-refractivity contribution in [1.82, 2.24) is 15.5 Å². The molecule has 2 rings (SSSR count). The van der Waals surface area contributed by atoms with E-state index < -0.39 is 0 Å². The molecule has 0 saturated carbocycles. The molecular formula is C14H15N3O3S. The Morgan fingerprint density at radius 2 is 2.38 bits per heavy atom. The summed E-state index contributed by atoms with van der Waals surface area (Å²) < 4.78 is 4.96. The van der Waals surface area contributed by atoms with E-state index in [0.717, 1.165) is 4.88 Å². The van der Waals surface area contributed by atoms with E-state index in [1.165, 1.54) is 11.3 Å². The van der Waals surface area contributed by atoms with E-state index in [4.69, 9.17) is 9.63 Å². The van der Waals surface area contributed by atoms with Crippen LogP contribution in [0, 0.1) is 18.8 Å². The number of hydrogen-bond donors (Lipinski definition) is 2. The summed E-state index contributed by atoms with van der Waals surface area (Å²) in [6.45, 7) is 2.22. The van der Waals surface area contributed by atoms with Gasteiger partial charge in [-0.1, -0.05) is 17.0 Å². The molecule has 0 aliphatic rings. The normalized spacial score (nSPS) is 10.0. The highest BCUT2D eigenvalue weighted by atomic mass is 32.1. The molecule has 0 spiro atoms. The number of aromatic nitrogens is 2. The molecule has 6 nitrogen and oxygen atoms in total. The third-order valence-corrected chi connectivity index (χ3v) is 3.47. The molecule has 0 aliphatic heterocycles. The molecule has 0 unspecified atom stereocenters. The van der Waals surface area contributed by atoms with E-state index in [-0.39, 0.29) is 12.5 Å². The van der Waals surface area contributed by atoms with Gasteiger partial charge in [-0.2, -0.15) is 4.98 Å². The maximum absolute atomic E-state index is 11.9. The van der Waals surface area contributed by atoms with E-state index >= 15 is 0 Å². The minimum Gasteiger partial charge on any atom is -0.395 e. The first kappa shape index (κ1) is 15.2. The second kappa shape index (κ2) is 7.57. The molecule has 0 aliphatic carbocycles. The van der Waals surface area contributed by atoms with E-state index in [9.17, 15) is 4.79 Å². The van der Waals surface area contributed by atoms with Crippen molar-refractivity contribution >= 4 is 17.2 Å². The van der Waals surface area contributed by atoms with Crippen LogP contribution in [0.4, 0.5) is 0 Å². The van der Waals surface area contributed by atoms with Gasteiger partial charge in [-0.15, -0.1) is 11.3 Å². The van der Waals surface area contributed by atoms with Crippen molar-refractivity contribution in [1.29, 1.82) is 0 Å². The van der Waals surface area contributed by atoms with Gasteiger partial charge in [0, 0.05) is 19.4 Å². The largest absolute Gasteiger partial charge is 0.395 e. The Morgan fingerprint density at radius 1 is 1.52 bits per heavy atom. The highest BCUT2D eigenvalue weighted by Gasteiger charge is 2.09. The standard InChI is InChI=1S/C14H15N3O3S/c1-10-16-13(20-17-10)7-8-15-14(19)12-6-5-11(21-12)4-2-3-9-18/h5-6,18H,3,7-9H2,1H3,(H,15,19). The summed E-state index contributed by atoms with van der Waals surface area (Å²) in [5, 5.41) is 15.1. The van der Waals surface area contributed by atoms with Crippen LogP contribution in [-0.2, 0) is 6.42 Å². The zero-order valence-electron chi connectivity index (χ0n) is 11.5. The predicted octanol–water partition coefficient (Wildman–Crippen LogP) is 1.15. The number of nitrogens with zero attached hydrogens (tertiary/aromatic N) is 2. The molecule has 0 saturated heterocycles. The highest BCUT2D eigenvalue weighted by molar-refractivity contribution is 7.14. The van der Waals surface area contributed by atoms with Gasteiger partial charge in [0.15, 0.2) is 5.82 Å². The summed E-state index contributed by atoms with van der Waals surface area (Å²) in [6.07, 6.45) is 0.935. The monoisotopic (exact) mass is 305 g/mol. The van der Waals surface area contributed by atoms with Crippen molar-refractivity contribution in [2.24, 2.45) is 0 Å². The number of nitrogens with one attached hydrogen (secondary N) is 1. The molecule has 0 atom stereocenters. The van der Waals surface area contributed by atoms with Gasteiger partial charge < -0.3 is 14.9 Å². The molecule has 2 aromatic rings. The SMILES string of the molecule is Cc1noc(CCNC(=O)c2ccc(C#CCCO)s2)n1. The lowest BCUT2D eigenvalue weighted by atomic mass is 10.3. The summed E-state index contributed by atoms with van der Waals surface area (Å²) in [6, 6.07) is 3.53. The minimum atomic E-state index is -0.147. The lowest BCUT2D eigenvalue weighted by Crippen LogP contribution is -2.24. The third-order valence-electron chi connectivity index (χ3n) is 2.47. The summed E-state index contributed by atoms with van der Waals surface area (Å²) in [4.78, 5) is 17.4. The molecule has 2 aromatic heterocycles. The van der Waals surface area contributed by atoms with Gasteiger partial charge >= 0.3 is 0 Å². The van der Waals surface area contributed by atoms with Crippen molar-refractivity contribution in [3.8, 4) is 11.8 Å². The van der Waals surface area contributed by atoms with Gasteiger partial charge in [0.05, 0.1) is 16.4 Å². The van der Waals surface area contributed by atoms with Crippen molar-refractivity contribution in [2.75, 3.05) is 13.2 Å². The Labute approximate surface area is 126 Å². The summed E-state index contributed by atoms with van der Waals surface area (Å²) >= 11 is 1.32. The fourth-order valence-electron chi connectivity index (χ4n) is 1.54. The Kier molecular flexibility index (Phi) is 5.49. The van der Waals surface area contributed by atoms with E-state index in [1.54, 1.807) is 19.1 Å². The average Bonchev–Trinajstić information content (AvgIpc) is 3.08. The van der Waals surface area contributed by atoms with E-state index in [1.807, 2.05) is 0 Å². The number of aryl methyl sites for hydroxylation is 1. The van der Waals surface area contributed by atoms with Crippen molar-refractivity contribution in [3.05, 3.63) is 33.6 Å². The van der Waals surface area contributed by atoms with Gasteiger partial charge in [0.2, 0.25) is 5.89 Å². The fraction of sp³-hybridized carbons (Fsp3) is 0.357.